The summed E-state index contributed by atoms with van der Waals surface area (Å²) in [5.74, 6) is -2.54. The standard InChI is InChI=1S/C7H12O6.H3N/c1-4(12-2)13-5(7(10)11)3-6(8)9;/h4-5H,3H2,1-2H3,(H,8,9)(H,10,11);1H3. The van der Waals surface area contributed by atoms with Crippen molar-refractivity contribution in [2.75, 3.05) is 7.11 Å². The van der Waals surface area contributed by atoms with E-state index >= 15 is 0 Å². The second kappa shape index (κ2) is 7.25. The van der Waals surface area contributed by atoms with Crippen LogP contribution in [0.3, 0.4) is 0 Å². The molecule has 84 valence electrons. The van der Waals surface area contributed by atoms with E-state index in [2.05, 4.69) is 4.74 Å². The summed E-state index contributed by atoms with van der Waals surface area (Å²) >= 11 is 0. The van der Waals surface area contributed by atoms with Crippen LogP contribution in [-0.2, 0) is 19.1 Å². The normalized spacial score (nSPS) is 13.9. The van der Waals surface area contributed by atoms with Gasteiger partial charge in [-0.25, -0.2) is 4.79 Å². The number of carbonyl (C=O) groups is 2. The van der Waals surface area contributed by atoms with Crippen LogP contribution >= 0.6 is 0 Å². The number of aliphatic carboxylic acids is 2. The molecule has 0 spiro atoms. The van der Waals surface area contributed by atoms with Crippen molar-refractivity contribution in [2.24, 2.45) is 0 Å². The number of rotatable bonds is 6. The van der Waals surface area contributed by atoms with Gasteiger partial charge in [0.1, 0.15) is 0 Å². The van der Waals surface area contributed by atoms with Crippen molar-refractivity contribution in [3.63, 3.8) is 0 Å². The number of carboxylic acid groups (broad SMARTS) is 2. The molecule has 2 unspecified atom stereocenters. The van der Waals surface area contributed by atoms with E-state index in [9.17, 15) is 9.59 Å². The molecule has 0 saturated heterocycles. The molecule has 0 heterocycles. The molecule has 0 bridgehead atoms. The van der Waals surface area contributed by atoms with E-state index < -0.39 is 30.8 Å². The van der Waals surface area contributed by atoms with Crippen molar-refractivity contribution in [2.45, 2.75) is 25.7 Å². The highest BCUT2D eigenvalue weighted by atomic mass is 16.7. The summed E-state index contributed by atoms with van der Waals surface area (Å²) in [5.41, 5.74) is 0. The van der Waals surface area contributed by atoms with Gasteiger partial charge in [-0.15, -0.1) is 0 Å². The molecule has 5 N–H and O–H groups in total. The van der Waals surface area contributed by atoms with E-state index in [0.717, 1.165) is 0 Å². The highest BCUT2D eigenvalue weighted by Gasteiger charge is 2.23. The van der Waals surface area contributed by atoms with Crippen molar-refractivity contribution in [1.82, 2.24) is 6.15 Å². The van der Waals surface area contributed by atoms with Crippen molar-refractivity contribution in [3.05, 3.63) is 0 Å². The lowest BCUT2D eigenvalue weighted by molar-refractivity contribution is -0.182. The van der Waals surface area contributed by atoms with Gasteiger partial charge in [-0.05, 0) is 6.92 Å². The van der Waals surface area contributed by atoms with Gasteiger partial charge in [-0.3, -0.25) is 4.79 Å². The number of carboxylic acids is 2. The molecule has 0 rings (SSSR count). The molecular formula is C7H15NO6. The van der Waals surface area contributed by atoms with E-state index in [-0.39, 0.29) is 6.15 Å². The van der Waals surface area contributed by atoms with Gasteiger partial charge in [0.25, 0.3) is 0 Å². The summed E-state index contributed by atoms with van der Waals surface area (Å²) in [6.45, 7) is 1.48. The maximum absolute atomic E-state index is 10.4. The predicted octanol–water partition coefficient (Wildman–Crippen LogP) is 0.0853. The van der Waals surface area contributed by atoms with Gasteiger partial charge < -0.3 is 25.8 Å². The minimum Gasteiger partial charge on any atom is -0.481 e. The van der Waals surface area contributed by atoms with Gasteiger partial charge in [0.05, 0.1) is 6.42 Å². The summed E-state index contributed by atoms with van der Waals surface area (Å²) < 4.78 is 9.40. The van der Waals surface area contributed by atoms with Crippen LogP contribution in [0.25, 0.3) is 0 Å². The Morgan fingerprint density at radius 2 is 1.86 bits per heavy atom. The average molecular weight is 209 g/mol. The molecule has 0 fully saturated rings. The summed E-state index contributed by atoms with van der Waals surface area (Å²) in [5, 5.41) is 16.9. The summed E-state index contributed by atoms with van der Waals surface area (Å²) in [6.07, 6.45) is -2.68. The van der Waals surface area contributed by atoms with Crippen molar-refractivity contribution in [1.29, 1.82) is 0 Å². The third-order valence-corrected chi connectivity index (χ3v) is 1.32. The van der Waals surface area contributed by atoms with Gasteiger partial charge >= 0.3 is 11.9 Å². The predicted molar refractivity (Wildman–Crippen MR) is 46.3 cm³/mol. The second-order valence-corrected chi connectivity index (χ2v) is 2.36. The Hall–Kier alpha value is -1.18. The lowest BCUT2D eigenvalue weighted by Crippen LogP contribution is -2.31. The molecule has 0 radical (unpaired) electrons. The molecule has 0 aliphatic heterocycles. The number of hydrogen-bond donors (Lipinski definition) is 3. The first-order valence-corrected chi connectivity index (χ1v) is 3.60. The molecule has 7 heteroatoms. The molecule has 0 saturated carbocycles. The smallest absolute Gasteiger partial charge is 0.333 e. The second-order valence-electron chi connectivity index (χ2n) is 2.36. The first kappa shape index (κ1) is 15.3. The van der Waals surface area contributed by atoms with Gasteiger partial charge in [0, 0.05) is 7.11 Å². The largest absolute Gasteiger partial charge is 0.481 e. The Morgan fingerprint density at radius 1 is 1.36 bits per heavy atom. The molecule has 7 nitrogen and oxygen atoms in total. The Kier molecular flexibility index (Phi) is 7.92. The van der Waals surface area contributed by atoms with Crippen LogP contribution in [0.15, 0.2) is 0 Å². The van der Waals surface area contributed by atoms with Crippen LogP contribution in [-0.4, -0.2) is 41.7 Å². The number of methoxy groups -OCH3 is 1. The van der Waals surface area contributed by atoms with Crippen LogP contribution in [0, 0.1) is 0 Å². The maximum Gasteiger partial charge on any atom is 0.333 e. The fourth-order valence-electron chi connectivity index (χ4n) is 0.639. The molecule has 2 atom stereocenters. The molecule has 0 aromatic carbocycles. The Morgan fingerprint density at radius 3 is 2.14 bits per heavy atom. The van der Waals surface area contributed by atoms with Gasteiger partial charge in [0.2, 0.25) is 0 Å². The van der Waals surface area contributed by atoms with Crippen molar-refractivity contribution >= 4 is 11.9 Å². The summed E-state index contributed by atoms with van der Waals surface area (Å²) in [7, 11) is 1.34. The van der Waals surface area contributed by atoms with Crippen LogP contribution in [0.1, 0.15) is 13.3 Å². The van der Waals surface area contributed by atoms with Crippen LogP contribution in [0.5, 0.6) is 0 Å². The molecule has 0 aromatic heterocycles. The lowest BCUT2D eigenvalue weighted by atomic mass is 10.2. The summed E-state index contributed by atoms with van der Waals surface area (Å²) in [6, 6.07) is 0. The first-order chi connectivity index (χ1) is 5.97. The van der Waals surface area contributed by atoms with Crippen LogP contribution in [0.2, 0.25) is 0 Å². The summed E-state index contributed by atoms with van der Waals surface area (Å²) in [4.78, 5) is 20.6. The fraction of sp³-hybridized carbons (Fsp3) is 0.714. The van der Waals surface area contributed by atoms with Gasteiger partial charge in [0.15, 0.2) is 12.4 Å². The lowest BCUT2D eigenvalue weighted by Gasteiger charge is -2.16. The van der Waals surface area contributed by atoms with Gasteiger partial charge in [-0.2, -0.15) is 0 Å². The Labute approximate surface area is 81.2 Å². The zero-order chi connectivity index (χ0) is 10.4. The average Bonchev–Trinajstić information content (AvgIpc) is 2.02. The van der Waals surface area contributed by atoms with E-state index in [0.29, 0.717) is 0 Å². The fourth-order valence-corrected chi connectivity index (χ4v) is 0.639. The minimum absolute atomic E-state index is 0. The molecule has 0 amide bonds. The van der Waals surface area contributed by atoms with Crippen molar-refractivity contribution in [3.8, 4) is 0 Å². The zero-order valence-corrected chi connectivity index (χ0v) is 8.10. The molecule has 0 aromatic rings. The van der Waals surface area contributed by atoms with Crippen LogP contribution < -0.4 is 6.15 Å². The SMILES string of the molecule is COC(C)OC(CC(=O)O)C(=O)O.N. The molecule has 0 aliphatic carbocycles. The third-order valence-electron chi connectivity index (χ3n) is 1.32. The van der Waals surface area contributed by atoms with Gasteiger partial charge in [-0.1, -0.05) is 0 Å². The van der Waals surface area contributed by atoms with Crippen LogP contribution in [0.4, 0.5) is 0 Å². The molecular weight excluding hydrogens is 194 g/mol. The molecule has 14 heavy (non-hydrogen) atoms. The van der Waals surface area contributed by atoms with Crippen molar-refractivity contribution < 1.29 is 29.3 Å². The minimum atomic E-state index is -1.37. The number of ether oxygens (including phenoxy) is 2. The quantitative estimate of drug-likeness (QED) is 0.528. The monoisotopic (exact) mass is 209 g/mol. The maximum atomic E-state index is 10.4. The number of hydrogen-bond acceptors (Lipinski definition) is 5. The topological polar surface area (TPSA) is 128 Å². The van der Waals surface area contributed by atoms with E-state index in [1.165, 1.54) is 14.0 Å². The highest BCUT2D eigenvalue weighted by Crippen LogP contribution is 2.04. The van der Waals surface area contributed by atoms with E-state index in [1.54, 1.807) is 0 Å². The Bertz CT molecular complexity index is 195. The zero-order valence-electron chi connectivity index (χ0n) is 8.10. The Balaban J connectivity index is 0. The van der Waals surface area contributed by atoms with E-state index in [4.69, 9.17) is 14.9 Å². The van der Waals surface area contributed by atoms with E-state index in [1.807, 2.05) is 0 Å². The molecule has 0 aliphatic rings. The highest BCUT2D eigenvalue weighted by molar-refractivity contribution is 5.79. The first-order valence-electron chi connectivity index (χ1n) is 3.60. The third kappa shape index (κ3) is 6.35.